The van der Waals surface area contributed by atoms with E-state index in [1.807, 2.05) is 26.0 Å². The average Bonchev–Trinajstić information content (AvgIpc) is 2.29. The van der Waals surface area contributed by atoms with Crippen LogP contribution in [0.5, 0.6) is 5.75 Å². The van der Waals surface area contributed by atoms with E-state index in [0.29, 0.717) is 11.6 Å². The van der Waals surface area contributed by atoms with Gasteiger partial charge >= 0.3 is 0 Å². The topological polar surface area (TPSA) is 38.3 Å². The molecule has 17 heavy (non-hydrogen) atoms. The lowest BCUT2D eigenvalue weighted by molar-refractivity contribution is -0.124. The van der Waals surface area contributed by atoms with Crippen LogP contribution in [-0.2, 0) is 4.79 Å². The van der Waals surface area contributed by atoms with Crippen molar-refractivity contribution in [1.82, 2.24) is 5.32 Å². The van der Waals surface area contributed by atoms with E-state index in [0.717, 1.165) is 17.7 Å². The Morgan fingerprint density at radius 1 is 1.53 bits per heavy atom. The van der Waals surface area contributed by atoms with Crippen LogP contribution in [0.3, 0.4) is 0 Å². The van der Waals surface area contributed by atoms with Crippen molar-refractivity contribution in [1.29, 1.82) is 0 Å². The molecule has 1 aromatic rings. The van der Waals surface area contributed by atoms with Crippen molar-refractivity contribution < 1.29 is 9.53 Å². The van der Waals surface area contributed by atoms with Gasteiger partial charge in [-0.05, 0) is 18.2 Å². The molecule has 0 saturated heterocycles. The maximum Gasteiger partial charge on any atom is 0.223 e. The minimum Gasteiger partial charge on any atom is -0.493 e. The Bertz CT molecular complexity index is 431. The maximum atomic E-state index is 11.7. The number of fused-ring (bicyclic) bond motifs is 1. The molecule has 1 amide bonds. The van der Waals surface area contributed by atoms with E-state index in [1.54, 1.807) is 6.07 Å². The molecule has 0 aromatic heterocycles. The number of carbonyl (C=O) groups is 1. The molecular weight excluding hydrogens is 238 g/mol. The molecule has 0 fully saturated rings. The third-order valence-electron chi connectivity index (χ3n) is 2.85. The van der Waals surface area contributed by atoms with Crippen molar-refractivity contribution in [3.63, 3.8) is 0 Å². The molecule has 0 aliphatic carbocycles. The SMILES string of the molecule is CC(C)C(=O)NC1CCOc2ccc(Cl)cc21. The number of hydrogen-bond donors (Lipinski definition) is 1. The number of carbonyl (C=O) groups excluding carboxylic acids is 1. The van der Waals surface area contributed by atoms with Crippen LogP contribution in [0.25, 0.3) is 0 Å². The van der Waals surface area contributed by atoms with Gasteiger partial charge in [0.2, 0.25) is 5.91 Å². The van der Waals surface area contributed by atoms with Gasteiger partial charge < -0.3 is 10.1 Å². The summed E-state index contributed by atoms with van der Waals surface area (Å²) >= 11 is 5.97. The highest BCUT2D eigenvalue weighted by Crippen LogP contribution is 2.34. The van der Waals surface area contributed by atoms with Crippen molar-refractivity contribution >= 4 is 17.5 Å². The maximum absolute atomic E-state index is 11.7. The van der Waals surface area contributed by atoms with Crippen LogP contribution in [0, 0.1) is 5.92 Å². The third kappa shape index (κ3) is 2.72. The van der Waals surface area contributed by atoms with Crippen LogP contribution in [0.1, 0.15) is 31.9 Å². The minimum atomic E-state index is -0.0134. The molecule has 4 heteroatoms. The number of nitrogens with one attached hydrogen (secondary N) is 1. The van der Waals surface area contributed by atoms with Crippen LogP contribution < -0.4 is 10.1 Å². The number of halogens is 1. The molecular formula is C13H16ClNO2. The average molecular weight is 254 g/mol. The van der Waals surface area contributed by atoms with Crippen LogP contribution in [0.2, 0.25) is 5.02 Å². The van der Waals surface area contributed by atoms with Crippen molar-refractivity contribution in [3.05, 3.63) is 28.8 Å². The van der Waals surface area contributed by atoms with Crippen molar-refractivity contribution in [2.45, 2.75) is 26.3 Å². The Morgan fingerprint density at radius 2 is 2.29 bits per heavy atom. The third-order valence-corrected chi connectivity index (χ3v) is 3.09. The van der Waals surface area contributed by atoms with E-state index in [4.69, 9.17) is 16.3 Å². The number of rotatable bonds is 2. The van der Waals surface area contributed by atoms with Gasteiger partial charge in [0, 0.05) is 22.9 Å². The fourth-order valence-corrected chi connectivity index (χ4v) is 2.03. The van der Waals surface area contributed by atoms with Gasteiger partial charge in [-0.2, -0.15) is 0 Å². The smallest absolute Gasteiger partial charge is 0.223 e. The second-order valence-electron chi connectivity index (χ2n) is 4.54. The fourth-order valence-electron chi connectivity index (χ4n) is 1.85. The summed E-state index contributed by atoms with van der Waals surface area (Å²) < 4.78 is 5.54. The van der Waals surface area contributed by atoms with Crippen molar-refractivity contribution in [2.75, 3.05) is 6.61 Å². The molecule has 1 aromatic carbocycles. The number of hydrogen-bond acceptors (Lipinski definition) is 2. The van der Waals surface area contributed by atoms with Crippen LogP contribution in [-0.4, -0.2) is 12.5 Å². The summed E-state index contributed by atoms with van der Waals surface area (Å²) in [5, 5.41) is 3.69. The van der Waals surface area contributed by atoms with Crippen LogP contribution in [0.15, 0.2) is 18.2 Å². The molecule has 2 rings (SSSR count). The quantitative estimate of drug-likeness (QED) is 0.880. The molecule has 1 unspecified atom stereocenters. The first-order chi connectivity index (χ1) is 8.08. The second kappa shape index (κ2) is 4.96. The molecule has 1 aliphatic heterocycles. The van der Waals surface area contributed by atoms with Gasteiger partial charge in [-0.25, -0.2) is 0 Å². The molecule has 0 bridgehead atoms. The first-order valence-electron chi connectivity index (χ1n) is 5.80. The molecule has 0 saturated carbocycles. The summed E-state index contributed by atoms with van der Waals surface area (Å²) in [6.45, 7) is 4.39. The van der Waals surface area contributed by atoms with E-state index in [1.165, 1.54) is 0 Å². The Kier molecular flexibility index (Phi) is 3.57. The van der Waals surface area contributed by atoms with Gasteiger partial charge in [0.05, 0.1) is 12.6 Å². The normalized spacial score (nSPS) is 18.5. The summed E-state index contributed by atoms with van der Waals surface area (Å²) in [6.07, 6.45) is 0.784. The summed E-state index contributed by atoms with van der Waals surface area (Å²) in [5.74, 6) is 0.859. The van der Waals surface area contributed by atoms with Gasteiger partial charge in [-0.1, -0.05) is 25.4 Å². The number of amides is 1. The predicted molar refractivity (Wildman–Crippen MR) is 67.3 cm³/mol. The highest BCUT2D eigenvalue weighted by atomic mass is 35.5. The Labute approximate surface area is 106 Å². The zero-order chi connectivity index (χ0) is 12.4. The molecule has 1 aliphatic rings. The lowest BCUT2D eigenvalue weighted by Gasteiger charge is -2.27. The van der Waals surface area contributed by atoms with Gasteiger partial charge in [0.25, 0.3) is 0 Å². The highest BCUT2D eigenvalue weighted by molar-refractivity contribution is 6.30. The monoisotopic (exact) mass is 253 g/mol. The van der Waals surface area contributed by atoms with Crippen LogP contribution >= 0.6 is 11.6 Å². The molecule has 0 spiro atoms. The molecule has 1 N–H and O–H groups in total. The largest absolute Gasteiger partial charge is 0.493 e. The molecule has 1 atom stereocenters. The zero-order valence-electron chi connectivity index (χ0n) is 10.00. The summed E-state index contributed by atoms with van der Waals surface area (Å²) in [4.78, 5) is 11.7. The fraction of sp³-hybridized carbons (Fsp3) is 0.462. The first-order valence-corrected chi connectivity index (χ1v) is 6.18. The molecule has 0 radical (unpaired) electrons. The second-order valence-corrected chi connectivity index (χ2v) is 4.97. The van der Waals surface area contributed by atoms with Gasteiger partial charge in [0.15, 0.2) is 0 Å². The van der Waals surface area contributed by atoms with Gasteiger partial charge in [-0.3, -0.25) is 4.79 Å². The lowest BCUT2D eigenvalue weighted by Crippen LogP contribution is -2.34. The van der Waals surface area contributed by atoms with Gasteiger partial charge in [-0.15, -0.1) is 0 Å². The highest BCUT2D eigenvalue weighted by Gasteiger charge is 2.23. The van der Waals surface area contributed by atoms with E-state index in [9.17, 15) is 4.79 Å². The lowest BCUT2D eigenvalue weighted by atomic mass is 10.00. The van der Waals surface area contributed by atoms with E-state index in [2.05, 4.69) is 5.32 Å². The van der Waals surface area contributed by atoms with Crippen LogP contribution in [0.4, 0.5) is 0 Å². The number of benzene rings is 1. The van der Waals surface area contributed by atoms with E-state index < -0.39 is 0 Å². The Morgan fingerprint density at radius 3 is 3.00 bits per heavy atom. The Hall–Kier alpha value is -1.22. The molecule has 3 nitrogen and oxygen atoms in total. The summed E-state index contributed by atoms with van der Waals surface area (Å²) in [7, 11) is 0. The van der Waals surface area contributed by atoms with Crippen molar-refractivity contribution in [2.24, 2.45) is 5.92 Å². The van der Waals surface area contributed by atoms with E-state index >= 15 is 0 Å². The summed E-state index contributed by atoms with van der Waals surface area (Å²) in [6, 6.07) is 5.52. The zero-order valence-corrected chi connectivity index (χ0v) is 10.8. The van der Waals surface area contributed by atoms with E-state index in [-0.39, 0.29) is 17.9 Å². The minimum absolute atomic E-state index is 0.00681. The Balaban J connectivity index is 2.22. The van der Waals surface area contributed by atoms with Gasteiger partial charge in [0.1, 0.15) is 5.75 Å². The molecule has 92 valence electrons. The summed E-state index contributed by atoms with van der Waals surface area (Å²) in [5.41, 5.74) is 0.970. The number of ether oxygens (including phenoxy) is 1. The molecule has 1 heterocycles. The first kappa shape index (κ1) is 12.2. The van der Waals surface area contributed by atoms with Crippen molar-refractivity contribution in [3.8, 4) is 5.75 Å². The predicted octanol–water partition coefficient (Wildman–Crippen LogP) is 2.94. The standard InChI is InChI=1S/C13H16ClNO2/c1-8(2)13(16)15-11-5-6-17-12-4-3-9(14)7-10(11)12/h3-4,7-8,11H,5-6H2,1-2H3,(H,15,16).